The Morgan fingerprint density at radius 2 is 2.27 bits per heavy atom. The lowest BCUT2D eigenvalue weighted by Gasteiger charge is -2.10. The second kappa shape index (κ2) is 4.10. The molecule has 0 aromatic carbocycles. The molecule has 0 amide bonds. The van der Waals surface area contributed by atoms with E-state index in [1.165, 1.54) is 0 Å². The minimum Gasteiger partial charge on any atom is -0.381 e. The highest BCUT2D eigenvalue weighted by Crippen LogP contribution is 2.24. The van der Waals surface area contributed by atoms with E-state index in [0.717, 1.165) is 13.0 Å². The molecule has 1 aliphatic rings. The fourth-order valence-electron chi connectivity index (χ4n) is 1.67. The fraction of sp³-hybridized carbons (Fsp3) is 0.600. The summed E-state index contributed by atoms with van der Waals surface area (Å²) in [7, 11) is 1.65. The van der Waals surface area contributed by atoms with Gasteiger partial charge in [-0.2, -0.15) is 0 Å². The molecule has 1 saturated heterocycles. The van der Waals surface area contributed by atoms with Crippen LogP contribution in [0, 0.1) is 12.7 Å². The molecule has 0 aliphatic carbocycles. The molecule has 1 aromatic heterocycles. The van der Waals surface area contributed by atoms with E-state index in [4.69, 9.17) is 4.74 Å². The molecule has 1 aromatic rings. The maximum atomic E-state index is 13.5. The Morgan fingerprint density at radius 1 is 1.47 bits per heavy atom. The van der Waals surface area contributed by atoms with Crippen LogP contribution in [0.4, 0.5) is 10.2 Å². The van der Waals surface area contributed by atoms with Gasteiger partial charge in [-0.05, 0) is 13.3 Å². The van der Waals surface area contributed by atoms with Gasteiger partial charge in [0, 0.05) is 19.6 Å². The van der Waals surface area contributed by atoms with Crippen molar-refractivity contribution in [1.82, 2.24) is 9.97 Å². The van der Waals surface area contributed by atoms with E-state index in [1.54, 1.807) is 14.0 Å². The van der Waals surface area contributed by atoms with E-state index in [-0.39, 0.29) is 17.6 Å². The number of nitrogens with zero attached hydrogens (tertiary/aromatic N) is 2. The largest absolute Gasteiger partial charge is 0.381 e. The van der Waals surface area contributed by atoms with Gasteiger partial charge in [0.1, 0.15) is 5.82 Å². The Labute approximate surface area is 87.9 Å². The summed E-state index contributed by atoms with van der Waals surface area (Å²) in [6.07, 6.45) is 0.911. The van der Waals surface area contributed by atoms with Crippen LogP contribution in [0.2, 0.25) is 0 Å². The molecule has 2 heterocycles. The molecule has 1 unspecified atom stereocenters. The molecule has 1 N–H and O–H groups in total. The molecule has 15 heavy (non-hydrogen) atoms. The normalized spacial score (nSPS) is 20.6. The molecule has 2 rings (SSSR count). The zero-order valence-corrected chi connectivity index (χ0v) is 8.88. The maximum absolute atomic E-state index is 13.5. The second-order valence-corrected chi connectivity index (χ2v) is 3.64. The molecule has 5 heteroatoms. The molecule has 0 bridgehead atoms. The Bertz CT molecular complexity index is 364. The summed E-state index contributed by atoms with van der Waals surface area (Å²) in [5.41, 5.74) is 0.385. The summed E-state index contributed by atoms with van der Waals surface area (Å²) < 4.78 is 18.7. The van der Waals surface area contributed by atoms with Crippen molar-refractivity contribution in [2.24, 2.45) is 0 Å². The van der Waals surface area contributed by atoms with Crippen molar-refractivity contribution < 1.29 is 9.13 Å². The molecule has 1 aliphatic heterocycles. The molecule has 1 atom stereocenters. The first-order valence-corrected chi connectivity index (χ1v) is 5.02. The van der Waals surface area contributed by atoms with Gasteiger partial charge in [-0.3, -0.25) is 0 Å². The smallest absolute Gasteiger partial charge is 0.186 e. The fourth-order valence-corrected chi connectivity index (χ4v) is 1.67. The van der Waals surface area contributed by atoms with E-state index in [1.807, 2.05) is 0 Å². The lowest BCUT2D eigenvalue weighted by molar-refractivity contribution is 0.193. The second-order valence-electron chi connectivity index (χ2n) is 3.64. The van der Waals surface area contributed by atoms with Crippen LogP contribution in [-0.2, 0) is 4.74 Å². The van der Waals surface area contributed by atoms with Gasteiger partial charge in [-0.25, -0.2) is 14.4 Å². The Morgan fingerprint density at radius 3 is 2.87 bits per heavy atom. The van der Waals surface area contributed by atoms with Gasteiger partial charge >= 0.3 is 0 Å². The first-order chi connectivity index (χ1) is 7.22. The molecule has 1 fully saturated rings. The first kappa shape index (κ1) is 10.3. The molecule has 0 saturated carbocycles. The third-order valence-electron chi connectivity index (χ3n) is 2.57. The SMILES string of the molecule is CNc1nc(C2CCOC2)nc(C)c1F. The van der Waals surface area contributed by atoms with Crippen molar-refractivity contribution in [3.63, 3.8) is 0 Å². The average Bonchev–Trinajstić information content (AvgIpc) is 2.75. The third kappa shape index (κ3) is 1.92. The standard InChI is InChI=1S/C10H14FN3O/c1-6-8(11)10(12-2)14-9(13-6)7-3-4-15-5-7/h7H,3-5H2,1-2H3,(H,12,13,14). The van der Waals surface area contributed by atoms with Gasteiger partial charge in [0.05, 0.1) is 12.3 Å². The molecule has 0 spiro atoms. The van der Waals surface area contributed by atoms with Gasteiger partial charge < -0.3 is 10.1 Å². The van der Waals surface area contributed by atoms with Crippen LogP contribution in [-0.4, -0.2) is 30.2 Å². The van der Waals surface area contributed by atoms with Crippen molar-refractivity contribution in [1.29, 1.82) is 0 Å². The molecular weight excluding hydrogens is 197 g/mol. The summed E-state index contributed by atoms with van der Waals surface area (Å²) in [4.78, 5) is 8.31. The van der Waals surface area contributed by atoms with Crippen LogP contribution in [0.3, 0.4) is 0 Å². The lowest BCUT2D eigenvalue weighted by atomic mass is 10.1. The number of halogens is 1. The zero-order valence-electron chi connectivity index (χ0n) is 8.88. The number of aryl methyl sites for hydroxylation is 1. The maximum Gasteiger partial charge on any atom is 0.186 e. The van der Waals surface area contributed by atoms with Gasteiger partial charge in [0.15, 0.2) is 11.6 Å². The lowest BCUT2D eigenvalue weighted by Crippen LogP contribution is -2.10. The summed E-state index contributed by atoms with van der Waals surface area (Å²) in [5, 5.41) is 2.73. The number of anilines is 1. The summed E-state index contributed by atoms with van der Waals surface area (Å²) in [6, 6.07) is 0. The van der Waals surface area contributed by atoms with Crippen LogP contribution in [0.5, 0.6) is 0 Å². The number of nitrogens with one attached hydrogen (secondary N) is 1. The highest BCUT2D eigenvalue weighted by Gasteiger charge is 2.22. The Kier molecular flexibility index (Phi) is 2.81. The van der Waals surface area contributed by atoms with Crippen LogP contribution in [0.25, 0.3) is 0 Å². The Balaban J connectivity index is 2.35. The highest BCUT2D eigenvalue weighted by molar-refractivity contribution is 5.37. The van der Waals surface area contributed by atoms with Crippen LogP contribution in [0.15, 0.2) is 0 Å². The minimum atomic E-state index is -0.375. The average molecular weight is 211 g/mol. The first-order valence-electron chi connectivity index (χ1n) is 5.02. The summed E-state index contributed by atoms with van der Waals surface area (Å²) >= 11 is 0. The summed E-state index contributed by atoms with van der Waals surface area (Å²) in [5.74, 6) is 0.775. The van der Waals surface area contributed by atoms with Crippen molar-refractivity contribution in [3.8, 4) is 0 Å². The highest BCUT2D eigenvalue weighted by atomic mass is 19.1. The topological polar surface area (TPSA) is 47.0 Å². The van der Waals surface area contributed by atoms with E-state index in [9.17, 15) is 4.39 Å². The van der Waals surface area contributed by atoms with Gasteiger partial charge in [-0.15, -0.1) is 0 Å². The van der Waals surface area contributed by atoms with Crippen molar-refractivity contribution in [2.75, 3.05) is 25.6 Å². The van der Waals surface area contributed by atoms with Crippen molar-refractivity contribution in [2.45, 2.75) is 19.3 Å². The van der Waals surface area contributed by atoms with E-state index in [2.05, 4.69) is 15.3 Å². The number of ether oxygens (including phenoxy) is 1. The summed E-state index contributed by atoms with van der Waals surface area (Å²) in [6.45, 7) is 3.02. The van der Waals surface area contributed by atoms with Gasteiger partial charge in [0.2, 0.25) is 0 Å². The van der Waals surface area contributed by atoms with Gasteiger partial charge in [0.25, 0.3) is 0 Å². The van der Waals surface area contributed by atoms with Crippen molar-refractivity contribution in [3.05, 3.63) is 17.3 Å². The predicted molar refractivity (Wildman–Crippen MR) is 54.5 cm³/mol. The van der Waals surface area contributed by atoms with Crippen LogP contribution in [0.1, 0.15) is 23.9 Å². The minimum absolute atomic E-state index is 0.205. The van der Waals surface area contributed by atoms with Gasteiger partial charge in [-0.1, -0.05) is 0 Å². The zero-order chi connectivity index (χ0) is 10.8. The molecule has 0 radical (unpaired) electrons. The number of aromatic nitrogens is 2. The molecule has 4 nitrogen and oxygen atoms in total. The van der Waals surface area contributed by atoms with Crippen LogP contribution < -0.4 is 5.32 Å². The van der Waals surface area contributed by atoms with E-state index >= 15 is 0 Å². The van der Waals surface area contributed by atoms with E-state index in [0.29, 0.717) is 18.1 Å². The molecular formula is C10H14FN3O. The number of rotatable bonds is 2. The van der Waals surface area contributed by atoms with Crippen molar-refractivity contribution >= 4 is 5.82 Å². The van der Waals surface area contributed by atoms with Crippen LogP contribution >= 0.6 is 0 Å². The predicted octanol–water partition coefficient (Wildman–Crippen LogP) is 1.47. The quantitative estimate of drug-likeness (QED) is 0.804. The Hall–Kier alpha value is -1.23. The molecule has 82 valence electrons. The number of hydrogen-bond donors (Lipinski definition) is 1. The number of hydrogen-bond acceptors (Lipinski definition) is 4. The third-order valence-corrected chi connectivity index (χ3v) is 2.57. The van der Waals surface area contributed by atoms with E-state index < -0.39 is 0 Å². The monoisotopic (exact) mass is 211 g/mol.